The highest BCUT2D eigenvalue weighted by Gasteiger charge is 2.27. The average Bonchev–Trinajstić information content (AvgIpc) is 3.16. The van der Waals surface area contributed by atoms with Crippen molar-refractivity contribution in [2.45, 2.75) is 31.1 Å². The molecule has 10 heteroatoms. The second-order valence-corrected chi connectivity index (χ2v) is 11.0. The highest BCUT2D eigenvalue weighted by Crippen LogP contribution is 2.39. The van der Waals surface area contributed by atoms with Crippen LogP contribution in [0.2, 0.25) is 0 Å². The number of hydrogen-bond donors (Lipinski definition) is 3. The molecule has 0 saturated heterocycles. The first-order valence-electron chi connectivity index (χ1n) is 10.7. The number of ether oxygens (including phenoxy) is 1. The molecule has 1 heterocycles. The minimum atomic E-state index is -3.86. The van der Waals surface area contributed by atoms with Crippen molar-refractivity contribution in [2.75, 3.05) is 17.1 Å². The van der Waals surface area contributed by atoms with Gasteiger partial charge in [-0.05, 0) is 73.2 Å². The number of nitrogens with one attached hydrogen (secondary N) is 2. The molecule has 0 spiro atoms. The van der Waals surface area contributed by atoms with Crippen molar-refractivity contribution in [1.29, 1.82) is 0 Å². The first kappa shape index (κ1) is 23.8. The fourth-order valence-electron chi connectivity index (χ4n) is 3.97. The molecule has 0 bridgehead atoms. The summed E-state index contributed by atoms with van der Waals surface area (Å²) in [7, 11) is -2.36. The Morgan fingerprint density at radius 3 is 2.56 bits per heavy atom. The molecule has 1 aromatic heterocycles. The first-order chi connectivity index (χ1) is 16.2. The summed E-state index contributed by atoms with van der Waals surface area (Å²) in [5, 5.41) is 3.23. The van der Waals surface area contributed by atoms with E-state index in [0.717, 1.165) is 29.7 Å². The standard InChI is InChI=1S/C24H25N3O5S2/c1-14-6-11-19-20(12-14)33-24(21(19)22(25)28)26-23(29)15-4-3-5-16(13-15)27-34(30,31)18-9-7-17(32-2)8-10-18/h3-5,7-10,13-14,27H,6,11-12H2,1-2H3,(H2,25,28)(H,26,29)/t14-/m0/s1. The van der Waals surface area contributed by atoms with Crippen molar-refractivity contribution in [1.82, 2.24) is 0 Å². The van der Waals surface area contributed by atoms with Crippen LogP contribution in [0.25, 0.3) is 0 Å². The average molecular weight is 500 g/mol. The fraction of sp³-hybridized carbons (Fsp3) is 0.250. The molecular formula is C24H25N3O5S2. The molecule has 4 N–H and O–H groups in total. The van der Waals surface area contributed by atoms with Crippen LogP contribution in [0.15, 0.2) is 53.4 Å². The zero-order valence-corrected chi connectivity index (χ0v) is 20.4. The van der Waals surface area contributed by atoms with Crippen LogP contribution < -0.4 is 20.5 Å². The molecule has 3 aromatic rings. The number of sulfonamides is 1. The van der Waals surface area contributed by atoms with Crippen LogP contribution in [0.4, 0.5) is 10.7 Å². The van der Waals surface area contributed by atoms with E-state index < -0.39 is 21.8 Å². The Hall–Kier alpha value is -3.37. The fourth-order valence-corrected chi connectivity index (χ4v) is 6.43. The lowest BCUT2D eigenvalue weighted by Gasteiger charge is -2.18. The van der Waals surface area contributed by atoms with Gasteiger partial charge < -0.3 is 15.8 Å². The predicted molar refractivity (Wildman–Crippen MR) is 132 cm³/mol. The van der Waals surface area contributed by atoms with Crippen molar-refractivity contribution in [3.05, 3.63) is 70.1 Å². The van der Waals surface area contributed by atoms with Crippen molar-refractivity contribution >= 4 is 43.9 Å². The topological polar surface area (TPSA) is 128 Å². The van der Waals surface area contributed by atoms with E-state index in [0.29, 0.717) is 22.2 Å². The number of amides is 2. The summed E-state index contributed by atoms with van der Waals surface area (Å²) >= 11 is 1.38. The van der Waals surface area contributed by atoms with Crippen LogP contribution in [-0.2, 0) is 22.9 Å². The number of methoxy groups -OCH3 is 1. The highest BCUT2D eigenvalue weighted by atomic mass is 32.2. The second kappa shape index (κ2) is 9.47. The Labute approximate surface area is 202 Å². The Balaban J connectivity index is 1.55. The van der Waals surface area contributed by atoms with Crippen LogP contribution in [0.3, 0.4) is 0 Å². The zero-order chi connectivity index (χ0) is 24.5. The molecule has 1 atom stereocenters. The number of benzene rings is 2. The largest absolute Gasteiger partial charge is 0.497 e. The summed E-state index contributed by atoms with van der Waals surface area (Å²) in [6, 6.07) is 12.1. The summed E-state index contributed by atoms with van der Waals surface area (Å²) < 4.78 is 33.0. The maximum absolute atomic E-state index is 13.0. The van der Waals surface area contributed by atoms with E-state index in [2.05, 4.69) is 17.0 Å². The molecule has 178 valence electrons. The molecule has 0 saturated carbocycles. The van der Waals surface area contributed by atoms with E-state index >= 15 is 0 Å². The van der Waals surface area contributed by atoms with Gasteiger partial charge in [0.25, 0.3) is 21.8 Å². The Kier molecular flexibility index (Phi) is 6.63. The van der Waals surface area contributed by atoms with Gasteiger partial charge in [-0.2, -0.15) is 0 Å². The quantitative estimate of drug-likeness (QED) is 0.452. The monoisotopic (exact) mass is 499 g/mol. The third kappa shape index (κ3) is 4.92. The molecule has 8 nitrogen and oxygen atoms in total. The van der Waals surface area contributed by atoms with E-state index in [4.69, 9.17) is 10.5 Å². The normalized spacial score (nSPS) is 15.3. The molecule has 0 aliphatic heterocycles. The lowest BCUT2D eigenvalue weighted by Crippen LogP contribution is -2.19. The Morgan fingerprint density at radius 2 is 1.88 bits per heavy atom. The van der Waals surface area contributed by atoms with Crippen molar-refractivity contribution in [2.24, 2.45) is 11.7 Å². The molecule has 34 heavy (non-hydrogen) atoms. The van der Waals surface area contributed by atoms with Crippen LogP contribution >= 0.6 is 11.3 Å². The van der Waals surface area contributed by atoms with Crippen molar-refractivity contribution in [3.63, 3.8) is 0 Å². The molecule has 1 aliphatic rings. The van der Waals surface area contributed by atoms with Crippen LogP contribution in [0.5, 0.6) is 5.75 Å². The van der Waals surface area contributed by atoms with Gasteiger partial charge in [0.2, 0.25) is 0 Å². The van der Waals surface area contributed by atoms with E-state index in [9.17, 15) is 18.0 Å². The minimum Gasteiger partial charge on any atom is -0.497 e. The number of anilines is 2. The SMILES string of the molecule is COc1ccc(S(=O)(=O)Nc2cccc(C(=O)Nc3sc4c(c3C(N)=O)CC[C@H](C)C4)c2)cc1. The molecule has 0 fully saturated rings. The Morgan fingerprint density at radius 1 is 1.15 bits per heavy atom. The summed E-state index contributed by atoms with van der Waals surface area (Å²) in [5.74, 6) is 0.0199. The summed E-state index contributed by atoms with van der Waals surface area (Å²) in [6.45, 7) is 2.16. The lowest BCUT2D eigenvalue weighted by atomic mass is 9.88. The van der Waals surface area contributed by atoms with Gasteiger partial charge in [0.05, 0.1) is 17.6 Å². The van der Waals surface area contributed by atoms with Gasteiger partial charge in [0.1, 0.15) is 10.8 Å². The van der Waals surface area contributed by atoms with Gasteiger partial charge >= 0.3 is 0 Å². The molecule has 2 aromatic carbocycles. The van der Waals surface area contributed by atoms with E-state index in [1.54, 1.807) is 30.3 Å². The summed E-state index contributed by atoms with van der Waals surface area (Å²) in [4.78, 5) is 26.2. The smallest absolute Gasteiger partial charge is 0.261 e. The molecular weight excluding hydrogens is 474 g/mol. The molecule has 0 unspecified atom stereocenters. The number of rotatable bonds is 7. The van der Waals surface area contributed by atoms with Crippen LogP contribution in [0, 0.1) is 5.92 Å². The third-order valence-electron chi connectivity index (χ3n) is 5.73. The molecule has 4 rings (SSSR count). The van der Waals surface area contributed by atoms with Gasteiger partial charge in [-0.25, -0.2) is 8.42 Å². The maximum Gasteiger partial charge on any atom is 0.261 e. The lowest BCUT2D eigenvalue weighted by molar-refractivity contribution is 0.1000. The number of nitrogens with two attached hydrogens (primary N) is 1. The predicted octanol–water partition coefficient (Wildman–Crippen LogP) is 4.03. The maximum atomic E-state index is 13.0. The van der Waals surface area contributed by atoms with Crippen LogP contribution in [0.1, 0.15) is 44.5 Å². The number of carbonyl (C=O) groups excluding carboxylic acids is 2. The molecule has 2 amide bonds. The van der Waals surface area contributed by atoms with Crippen molar-refractivity contribution < 1.29 is 22.7 Å². The van der Waals surface area contributed by atoms with Gasteiger partial charge in [0.15, 0.2) is 0 Å². The first-order valence-corrected chi connectivity index (χ1v) is 13.0. The highest BCUT2D eigenvalue weighted by molar-refractivity contribution is 7.92. The number of carbonyl (C=O) groups is 2. The van der Waals surface area contributed by atoms with Gasteiger partial charge in [0, 0.05) is 16.1 Å². The summed E-state index contributed by atoms with van der Waals surface area (Å²) in [6.07, 6.45) is 2.57. The number of thiophene rings is 1. The number of fused-ring (bicyclic) bond motifs is 1. The molecule has 0 radical (unpaired) electrons. The van der Waals surface area contributed by atoms with E-state index in [-0.39, 0.29) is 16.1 Å². The van der Waals surface area contributed by atoms with Gasteiger partial charge in [-0.3, -0.25) is 14.3 Å². The Bertz CT molecular complexity index is 1350. The zero-order valence-electron chi connectivity index (χ0n) is 18.8. The van der Waals surface area contributed by atoms with Gasteiger partial charge in [-0.15, -0.1) is 11.3 Å². The number of primary amides is 1. The summed E-state index contributed by atoms with van der Waals surface area (Å²) in [5.41, 5.74) is 7.40. The number of hydrogen-bond acceptors (Lipinski definition) is 6. The second-order valence-electron chi connectivity index (χ2n) is 8.24. The molecule has 1 aliphatic carbocycles. The van der Waals surface area contributed by atoms with E-state index in [1.165, 1.54) is 36.6 Å². The van der Waals surface area contributed by atoms with Gasteiger partial charge in [-0.1, -0.05) is 13.0 Å². The van der Waals surface area contributed by atoms with E-state index in [1.807, 2.05) is 0 Å². The minimum absolute atomic E-state index is 0.0626. The van der Waals surface area contributed by atoms with Crippen LogP contribution in [-0.4, -0.2) is 27.3 Å². The third-order valence-corrected chi connectivity index (χ3v) is 8.30. The van der Waals surface area contributed by atoms with Crippen molar-refractivity contribution in [3.8, 4) is 5.75 Å².